The zero-order valence-electron chi connectivity index (χ0n) is 15.2. The lowest BCUT2D eigenvalue weighted by molar-refractivity contribution is 0.161. The summed E-state index contributed by atoms with van der Waals surface area (Å²) in [6.45, 7) is 0.740. The quantitative estimate of drug-likeness (QED) is 0.772. The molecule has 27 heavy (non-hydrogen) atoms. The lowest BCUT2D eigenvalue weighted by atomic mass is 9.99. The molecule has 1 aliphatic rings. The number of rotatable bonds is 3. The Morgan fingerprint density at radius 1 is 1.15 bits per heavy atom. The third-order valence-corrected chi connectivity index (χ3v) is 4.90. The maximum Gasteiger partial charge on any atom is 0.322 e. The van der Waals surface area contributed by atoms with Gasteiger partial charge in [0.15, 0.2) is 5.82 Å². The zero-order valence-corrected chi connectivity index (χ0v) is 15.2. The van der Waals surface area contributed by atoms with E-state index in [9.17, 15) is 4.79 Å². The number of anilines is 1. The highest BCUT2D eigenvalue weighted by Gasteiger charge is 2.28. The normalized spacial score (nSPS) is 16.9. The number of urea groups is 1. The maximum atomic E-state index is 12.9. The van der Waals surface area contributed by atoms with Gasteiger partial charge in [-0.1, -0.05) is 6.07 Å². The highest BCUT2D eigenvalue weighted by molar-refractivity contribution is 5.90. The standard InChI is InChI=1S/C20H22N6O/c1-25-14-22-24-19(25)15-8-10-16(11-9-15)23-20(27)26-13-5-3-7-18(26)17-6-2-4-12-21-17/h2,4,6,8-12,14,18H,3,5,7,13H2,1H3,(H,23,27)/t18-/m0/s1. The van der Waals surface area contributed by atoms with Gasteiger partial charge in [-0.15, -0.1) is 10.2 Å². The van der Waals surface area contributed by atoms with Gasteiger partial charge in [-0.05, 0) is 55.7 Å². The monoisotopic (exact) mass is 362 g/mol. The predicted molar refractivity (Wildman–Crippen MR) is 103 cm³/mol. The largest absolute Gasteiger partial charge is 0.322 e. The molecule has 1 aliphatic heterocycles. The van der Waals surface area contributed by atoms with Gasteiger partial charge < -0.3 is 14.8 Å². The van der Waals surface area contributed by atoms with E-state index in [0.29, 0.717) is 0 Å². The summed E-state index contributed by atoms with van der Waals surface area (Å²) in [5.74, 6) is 0.791. The average Bonchev–Trinajstić information content (AvgIpc) is 3.15. The SMILES string of the molecule is Cn1cnnc1-c1ccc(NC(=O)N2CCCC[C@H]2c2ccccn2)cc1. The molecule has 7 heteroatoms. The molecule has 3 aromatic rings. The highest BCUT2D eigenvalue weighted by atomic mass is 16.2. The maximum absolute atomic E-state index is 12.9. The fraction of sp³-hybridized carbons (Fsp3) is 0.300. The minimum absolute atomic E-state index is 0.0258. The number of pyridine rings is 1. The van der Waals surface area contributed by atoms with Crippen molar-refractivity contribution in [3.63, 3.8) is 0 Å². The molecule has 1 atom stereocenters. The summed E-state index contributed by atoms with van der Waals surface area (Å²) in [6.07, 6.45) is 6.51. The van der Waals surface area contributed by atoms with E-state index in [1.807, 2.05) is 59.0 Å². The molecule has 2 amide bonds. The first-order valence-corrected chi connectivity index (χ1v) is 9.15. The third-order valence-electron chi connectivity index (χ3n) is 4.90. The summed E-state index contributed by atoms with van der Waals surface area (Å²) < 4.78 is 1.86. The molecule has 1 N–H and O–H groups in total. The van der Waals surface area contributed by atoms with Crippen LogP contribution in [0.15, 0.2) is 55.0 Å². The second-order valence-corrected chi connectivity index (χ2v) is 6.73. The van der Waals surface area contributed by atoms with Gasteiger partial charge in [-0.2, -0.15) is 0 Å². The van der Waals surface area contributed by atoms with E-state index in [4.69, 9.17) is 0 Å². The van der Waals surface area contributed by atoms with Gasteiger partial charge in [-0.3, -0.25) is 4.98 Å². The number of nitrogens with zero attached hydrogens (tertiary/aromatic N) is 5. The number of nitrogens with one attached hydrogen (secondary N) is 1. The molecule has 1 saturated heterocycles. The number of aryl methyl sites for hydroxylation is 1. The smallest absolute Gasteiger partial charge is 0.317 e. The molecule has 4 rings (SSSR count). The Labute approximate surface area is 158 Å². The highest BCUT2D eigenvalue weighted by Crippen LogP contribution is 2.30. The van der Waals surface area contributed by atoms with Crippen molar-refractivity contribution in [3.8, 4) is 11.4 Å². The Hall–Kier alpha value is -3.22. The number of amides is 2. The lowest BCUT2D eigenvalue weighted by Crippen LogP contribution is -2.41. The van der Waals surface area contributed by atoms with Crippen LogP contribution in [0.25, 0.3) is 11.4 Å². The lowest BCUT2D eigenvalue weighted by Gasteiger charge is -2.35. The molecule has 7 nitrogen and oxygen atoms in total. The van der Waals surface area contributed by atoms with Gasteiger partial charge in [0.25, 0.3) is 0 Å². The molecular formula is C20H22N6O. The molecular weight excluding hydrogens is 340 g/mol. The van der Waals surface area contributed by atoms with Crippen LogP contribution in [0.1, 0.15) is 31.0 Å². The van der Waals surface area contributed by atoms with E-state index < -0.39 is 0 Å². The molecule has 0 radical (unpaired) electrons. The number of hydrogen-bond donors (Lipinski definition) is 1. The van der Waals surface area contributed by atoms with Gasteiger partial charge in [-0.25, -0.2) is 4.79 Å². The first-order valence-electron chi connectivity index (χ1n) is 9.15. The summed E-state index contributed by atoms with van der Waals surface area (Å²) in [4.78, 5) is 19.2. The molecule has 138 valence electrons. The van der Waals surface area contributed by atoms with Crippen LogP contribution in [0.3, 0.4) is 0 Å². The number of carbonyl (C=O) groups is 1. The Morgan fingerprint density at radius 3 is 2.70 bits per heavy atom. The number of aromatic nitrogens is 4. The molecule has 1 fully saturated rings. The van der Waals surface area contributed by atoms with Crippen LogP contribution >= 0.6 is 0 Å². The second-order valence-electron chi connectivity index (χ2n) is 6.73. The van der Waals surface area contributed by atoms with Gasteiger partial charge >= 0.3 is 6.03 Å². The first-order chi connectivity index (χ1) is 13.2. The minimum Gasteiger partial charge on any atom is -0.317 e. The van der Waals surface area contributed by atoms with Crippen molar-refractivity contribution < 1.29 is 4.79 Å². The fourth-order valence-electron chi connectivity index (χ4n) is 3.50. The molecule has 0 unspecified atom stereocenters. The Kier molecular flexibility index (Phi) is 4.82. The Morgan fingerprint density at radius 2 is 2.00 bits per heavy atom. The van der Waals surface area contributed by atoms with Crippen LogP contribution in [-0.4, -0.2) is 37.2 Å². The van der Waals surface area contributed by atoms with Crippen molar-refractivity contribution in [2.75, 3.05) is 11.9 Å². The van der Waals surface area contributed by atoms with Crippen molar-refractivity contribution in [2.45, 2.75) is 25.3 Å². The van der Waals surface area contributed by atoms with Crippen LogP contribution in [0.2, 0.25) is 0 Å². The molecule has 0 spiro atoms. The summed E-state index contributed by atoms with van der Waals surface area (Å²) in [5.41, 5.74) is 2.67. The van der Waals surface area contributed by atoms with Gasteiger partial charge in [0.1, 0.15) is 6.33 Å². The van der Waals surface area contributed by atoms with E-state index in [1.54, 1.807) is 12.5 Å². The first kappa shape index (κ1) is 17.2. The molecule has 0 aliphatic carbocycles. The van der Waals surface area contributed by atoms with E-state index in [2.05, 4.69) is 20.5 Å². The molecule has 0 saturated carbocycles. The number of piperidine rings is 1. The summed E-state index contributed by atoms with van der Waals surface area (Å²) >= 11 is 0. The van der Waals surface area contributed by atoms with E-state index >= 15 is 0 Å². The second kappa shape index (κ2) is 7.57. The van der Waals surface area contributed by atoms with Crippen molar-refractivity contribution in [2.24, 2.45) is 7.05 Å². The third kappa shape index (κ3) is 3.67. The molecule has 1 aromatic carbocycles. The van der Waals surface area contributed by atoms with Crippen molar-refractivity contribution in [1.29, 1.82) is 0 Å². The number of carbonyl (C=O) groups excluding carboxylic acids is 1. The number of benzene rings is 1. The van der Waals surface area contributed by atoms with Crippen molar-refractivity contribution >= 4 is 11.7 Å². The predicted octanol–water partition coefficient (Wildman–Crippen LogP) is 3.64. The van der Waals surface area contributed by atoms with Crippen LogP contribution in [0, 0.1) is 0 Å². The fourth-order valence-corrected chi connectivity index (χ4v) is 3.50. The molecule has 0 bridgehead atoms. The van der Waals surface area contributed by atoms with Gasteiger partial charge in [0.05, 0.1) is 11.7 Å². The van der Waals surface area contributed by atoms with Crippen molar-refractivity contribution in [1.82, 2.24) is 24.6 Å². The summed E-state index contributed by atoms with van der Waals surface area (Å²) in [6, 6.07) is 13.5. The number of hydrogen-bond acceptors (Lipinski definition) is 4. The van der Waals surface area contributed by atoms with Gasteiger partial charge in [0, 0.05) is 31.0 Å². The van der Waals surface area contributed by atoms with Crippen LogP contribution < -0.4 is 5.32 Å². The summed E-state index contributed by atoms with van der Waals surface area (Å²) in [5, 5.41) is 11.0. The Balaban J connectivity index is 1.48. The van der Waals surface area contributed by atoms with E-state index in [-0.39, 0.29) is 12.1 Å². The van der Waals surface area contributed by atoms with Crippen LogP contribution in [0.5, 0.6) is 0 Å². The molecule has 2 aromatic heterocycles. The Bertz CT molecular complexity index is 906. The van der Waals surface area contributed by atoms with E-state index in [0.717, 1.165) is 48.6 Å². The van der Waals surface area contributed by atoms with Crippen LogP contribution in [-0.2, 0) is 7.05 Å². The summed E-state index contributed by atoms with van der Waals surface area (Å²) in [7, 11) is 1.90. The van der Waals surface area contributed by atoms with E-state index in [1.165, 1.54) is 0 Å². The van der Waals surface area contributed by atoms with Crippen molar-refractivity contribution in [3.05, 3.63) is 60.7 Å². The van der Waals surface area contributed by atoms with Crippen LogP contribution in [0.4, 0.5) is 10.5 Å². The average molecular weight is 362 g/mol. The van der Waals surface area contributed by atoms with Gasteiger partial charge in [0.2, 0.25) is 0 Å². The zero-order chi connectivity index (χ0) is 18.6. The number of likely N-dealkylation sites (tertiary alicyclic amines) is 1. The minimum atomic E-state index is -0.0863. The topological polar surface area (TPSA) is 75.9 Å². The molecule has 3 heterocycles.